The number of fused-ring (bicyclic) bond motifs is 1. The zero-order valence-electron chi connectivity index (χ0n) is 20.7. The van der Waals surface area contributed by atoms with Crippen LogP contribution in [0, 0.1) is 10.8 Å². The van der Waals surface area contributed by atoms with Crippen molar-refractivity contribution in [2.45, 2.75) is 59.7 Å². The molecule has 1 aromatic rings. The Balaban J connectivity index is 2.11. The summed E-state index contributed by atoms with van der Waals surface area (Å²) in [4.78, 5) is 16.9. The highest BCUT2D eigenvalue weighted by atomic mass is 16.5. The van der Waals surface area contributed by atoms with Crippen LogP contribution in [-0.4, -0.2) is 53.6 Å². The molecule has 1 aliphatic heterocycles. The maximum Gasteiger partial charge on any atom is 0.259 e. The molecule has 3 N–H and O–H groups in total. The Morgan fingerprint density at radius 2 is 1.97 bits per heavy atom. The van der Waals surface area contributed by atoms with Gasteiger partial charge in [-0.2, -0.15) is 0 Å². The van der Waals surface area contributed by atoms with Gasteiger partial charge in [0.25, 0.3) is 5.91 Å². The molecule has 1 aromatic carbocycles. The third-order valence-electron chi connectivity index (χ3n) is 5.78. The first-order chi connectivity index (χ1) is 15.6. The Morgan fingerprint density at radius 1 is 1.27 bits per heavy atom. The summed E-state index contributed by atoms with van der Waals surface area (Å²) >= 11 is 0. The quantitative estimate of drug-likeness (QED) is 0.293. The first-order valence-electron chi connectivity index (χ1n) is 11.3. The minimum absolute atomic E-state index is 0.0239. The summed E-state index contributed by atoms with van der Waals surface area (Å²) in [6.07, 6.45) is 7.27. The SMILES string of the molecule is C=C(/C=C\C=C(/C)C(=N)N(C=N)C(C)C)NC(=O)c1cc2c(cc1OC)CCN(C(C)C)C2. The highest BCUT2D eigenvalue weighted by molar-refractivity contribution is 6.01. The van der Waals surface area contributed by atoms with Gasteiger partial charge in [-0.1, -0.05) is 18.7 Å². The van der Waals surface area contributed by atoms with Crippen molar-refractivity contribution < 1.29 is 9.53 Å². The van der Waals surface area contributed by atoms with Crippen molar-refractivity contribution in [2.75, 3.05) is 13.7 Å². The van der Waals surface area contributed by atoms with E-state index in [9.17, 15) is 4.79 Å². The van der Waals surface area contributed by atoms with Crippen LogP contribution in [0.5, 0.6) is 5.75 Å². The molecular formula is C26H37N5O2. The largest absolute Gasteiger partial charge is 0.496 e. The van der Waals surface area contributed by atoms with Gasteiger partial charge in [0.05, 0.1) is 19.0 Å². The van der Waals surface area contributed by atoms with Crippen molar-refractivity contribution >= 4 is 18.1 Å². The minimum Gasteiger partial charge on any atom is -0.496 e. The maximum absolute atomic E-state index is 13.0. The number of allylic oxidation sites excluding steroid dienone is 3. The first kappa shape index (κ1) is 26.1. The Bertz CT molecular complexity index is 975. The van der Waals surface area contributed by atoms with E-state index in [1.807, 2.05) is 32.9 Å². The van der Waals surface area contributed by atoms with Gasteiger partial charge in [-0.25, -0.2) is 0 Å². The first-order valence-corrected chi connectivity index (χ1v) is 11.3. The van der Waals surface area contributed by atoms with Crippen molar-refractivity contribution in [1.29, 1.82) is 10.8 Å². The van der Waals surface area contributed by atoms with Gasteiger partial charge in [-0.3, -0.25) is 20.5 Å². The lowest BCUT2D eigenvalue weighted by Crippen LogP contribution is -2.36. The van der Waals surface area contributed by atoms with Gasteiger partial charge in [-0.15, -0.1) is 0 Å². The number of carbonyl (C=O) groups is 1. The average molecular weight is 452 g/mol. The van der Waals surface area contributed by atoms with Crippen LogP contribution in [0.4, 0.5) is 0 Å². The van der Waals surface area contributed by atoms with Crippen LogP contribution in [0.1, 0.15) is 56.1 Å². The number of rotatable bonds is 9. The minimum atomic E-state index is -0.269. The Labute approximate surface area is 197 Å². The van der Waals surface area contributed by atoms with Gasteiger partial charge >= 0.3 is 0 Å². The van der Waals surface area contributed by atoms with Gasteiger partial charge in [0, 0.05) is 30.9 Å². The zero-order valence-corrected chi connectivity index (χ0v) is 20.7. The van der Waals surface area contributed by atoms with E-state index in [4.69, 9.17) is 15.6 Å². The summed E-state index contributed by atoms with van der Waals surface area (Å²) in [5.41, 5.74) is 4.01. The van der Waals surface area contributed by atoms with Crippen LogP contribution in [0.2, 0.25) is 0 Å². The van der Waals surface area contributed by atoms with E-state index < -0.39 is 0 Å². The maximum atomic E-state index is 13.0. The van der Waals surface area contributed by atoms with Gasteiger partial charge < -0.3 is 15.0 Å². The fraction of sp³-hybridized carbons (Fsp3) is 0.423. The zero-order chi connectivity index (χ0) is 24.7. The van der Waals surface area contributed by atoms with Crippen molar-refractivity contribution in [3.63, 3.8) is 0 Å². The predicted octanol–water partition coefficient (Wildman–Crippen LogP) is 4.50. The molecule has 2 rings (SSSR count). The fourth-order valence-electron chi connectivity index (χ4n) is 3.71. The van der Waals surface area contributed by atoms with E-state index in [1.54, 1.807) is 30.2 Å². The molecule has 7 nitrogen and oxygen atoms in total. The molecule has 0 saturated carbocycles. The number of carbonyl (C=O) groups excluding carboxylic acids is 1. The number of methoxy groups -OCH3 is 1. The molecule has 1 heterocycles. The van der Waals surface area contributed by atoms with Crippen LogP contribution >= 0.6 is 0 Å². The van der Waals surface area contributed by atoms with Crippen molar-refractivity contribution in [3.05, 3.63) is 64.9 Å². The summed E-state index contributed by atoms with van der Waals surface area (Å²) in [7, 11) is 1.58. The second-order valence-corrected chi connectivity index (χ2v) is 8.80. The third kappa shape index (κ3) is 6.65. The van der Waals surface area contributed by atoms with E-state index in [2.05, 4.69) is 30.6 Å². The molecule has 1 aliphatic rings. The lowest BCUT2D eigenvalue weighted by Gasteiger charge is -2.32. The average Bonchev–Trinajstić information content (AvgIpc) is 2.77. The highest BCUT2D eigenvalue weighted by Crippen LogP contribution is 2.29. The van der Waals surface area contributed by atoms with Crippen molar-refractivity contribution in [2.24, 2.45) is 0 Å². The molecule has 178 valence electrons. The van der Waals surface area contributed by atoms with Gasteiger partial charge in [0.15, 0.2) is 0 Å². The lowest BCUT2D eigenvalue weighted by atomic mass is 9.95. The molecule has 33 heavy (non-hydrogen) atoms. The number of ether oxygens (including phenoxy) is 1. The molecule has 1 amide bonds. The summed E-state index contributed by atoms with van der Waals surface area (Å²) in [6.45, 7) is 15.8. The third-order valence-corrected chi connectivity index (χ3v) is 5.78. The molecule has 0 saturated heterocycles. The Kier molecular flexibility index (Phi) is 9.17. The number of amides is 1. The number of nitrogens with zero attached hydrogens (tertiary/aromatic N) is 2. The predicted molar refractivity (Wildman–Crippen MR) is 135 cm³/mol. The molecule has 0 spiro atoms. The highest BCUT2D eigenvalue weighted by Gasteiger charge is 2.23. The normalized spacial score (nSPS) is 14.4. The van der Waals surface area contributed by atoms with E-state index in [0.29, 0.717) is 28.6 Å². The van der Waals surface area contributed by atoms with Crippen molar-refractivity contribution in [3.8, 4) is 5.75 Å². The number of hydrogen-bond donors (Lipinski definition) is 3. The standard InChI is InChI=1S/C26H37N5O2/c1-17(2)30-12-11-21-14-24(33-7)23(13-22(21)15-30)26(32)29-20(6)10-8-9-19(5)25(28)31(16-27)18(3)4/h8-10,13-14,16-18,27-28H,6,11-12,15H2,1-5,7H3,(H,29,32)/b10-8-,19-9+,27-16?,28-25?. The number of benzene rings is 1. The molecule has 0 fully saturated rings. The summed E-state index contributed by atoms with van der Waals surface area (Å²) in [5.74, 6) is 0.549. The summed E-state index contributed by atoms with van der Waals surface area (Å²) in [6, 6.07) is 4.38. The second kappa shape index (κ2) is 11.6. The van der Waals surface area contributed by atoms with Gasteiger partial charge in [0.2, 0.25) is 0 Å². The van der Waals surface area contributed by atoms with E-state index in [1.165, 1.54) is 5.56 Å². The molecule has 0 radical (unpaired) electrons. The number of hydrogen-bond acceptors (Lipinski definition) is 5. The molecule has 0 bridgehead atoms. The smallest absolute Gasteiger partial charge is 0.259 e. The Hall–Kier alpha value is -3.19. The molecule has 0 aromatic heterocycles. The molecule has 0 aliphatic carbocycles. The topological polar surface area (TPSA) is 92.5 Å². The van der Waals surface area contributed by atoms with Crippen LogP contribution < -0.4 is 10.1 Å². The van der Waals surface area contributed by atoms with Crippen LogP contribution in [-0.2, 0) is 13.0 Å². The van der Waals surface area contributed by atoms with E-state index in [-0.39, 0.29) is 17.8 Å². The van der Waals surface area contributed by atoms with Crippen LogP contribution in [0.15, 0.2) is 48.2 Å². The van der Waals surface area contributed by atoms with Crippen LogP contribution in [0.25, 0.3) is 0 Å². The fourth-order valence-corrected chi connectivity index (χ4v) is 3.71. The molecule has 0 unspecified atom stereocenters. The molecule has 7 heteroatoms. The Morgan fingerprint density at radius 3 is 2.55 bits per heavy atom. The summed E-state index contributed by atoms with van der Waals surface area (Å²) < 4.78 is 5.50. The number of amidine groups is 1. The summed E-state index contributed by atoms with van der Waals surface area (Å²) in [5, 5.41) is 18.5. The van der Waals surface area contributed by atoms with Crippen LogP contribution in [0.3, 0.4) is 0 Å². The van der Waals surface area contributed by atoms with Crippen molar-refractivity contribution in [1.82, 2.24) is 15.1 Å². The second-order valence-electron chi connectivity index (χ2n) is 8.80. The number of nitrogens with one attached hydrogen (secondary N) is 3. The molecule has 0 atom stereocenters. The lowest BCUT2D eigenvalue weighted by molar-refractivity contribution is 0.0964. The monoisotopic (exact) mass is 451 g/mol. The van der Waals surface area contributed by atoms with E-state index in [0.717, 1.165) is 31.4 Å². The van der Waals surface area contributed by atoms with Gasteiger partial charge in [-0.05, 0) is 75.9 Å². The van der Waals surface area contributed by atoms with E-state index >= 15 is 0 Å². The molecular weight excluding hydrogens is 414 g/mol. The van der Waals surface area contributed by atoms with Gasteiger partial charge in [0.1, 0.15) is 11.6 Å².